The van der Waals surface area contributed by atoms with Crippen molar-refractivity contribution in [1.82, 2.24) is 4.90 Å². The lowest BCUT2D eigenvalue weighted by Gasteiger charge is -2.26. The first-order valence-electron chi connectivity index (χ1n) is 6.29. The molecule has 0 fully saturated rings. The van der Waals surface area contributed by atoms with Gasteiger partial charge in [0.1, 0.15) is 5.16 Å². The summed E-state index contributed by atoms with van der Waals surface area (Å²) in [5.41, 5.74) is 0.863. The van der Waals surface area contributed by atoms with Gasteiger partial charge in [0.05, 0.1) is 5.70 Å². The summed E-state index contributed by atoms with van der Waals surface area (Å²) in [4.78, 5) is 17.8. The molecule has 0 radical (unpaired) electrons. The topological polar surface area (TPSA) is 32.7 Å². The molecule has 96 valence electrons. The molecule has 1 amide bonds. The third-order valence-electron chi connectivity index (χ3n) is 3.14. The van der Waals surface area contributed by atoms with Gasteiger partial charge in [0.2, 0.25) is 5.91 Å². The minimum Gasteiger partial charge on any atom is -0.316 e. The molecule has 0 saturated heterocycles. The van der Waals surface area contributed by atoms with Gasteiger partial charge in [0.15, 0.2) is 0 Å². The quantitative estimate of drug-likeness (QED) is 0.693. The van der Waals surface area contributed by atoms with Crippen molar-refractivity contribution in [3.8, 4) is 0 Å². The number of hydrogen-bond acceptors (Lipinski definition) is 2. The third kappa shape index (κ3) is 3.84. The number of unbranched alkanes of at least 4 members (excludes halogenated alkanes) is 1. The minimum atomic E-state index is 0.131. The van der Waals surface area contributed by atoms with Crippen LogP contribution < -0.4 is 0 Å². The Morgan fingerprint density at radius 2 is 2.29 bits per heavy atom. The fraction of sp³-hybridized carbons (Fsp3) is 0.692. The highest BCUT2D eigenvalue weighted by Gasteiger charge is 2.22. The van der Waals surface area contributed by atoms with Crippen LogP contribution in [-0.2, 0) is 4.79 Å². The molecule has 0 aromatic carbocycles. The number of carbonyl (C=O) groups is 1. The zero-order valence-corrected chi connectivity index (χ0v) is 11.6. The average Bonchev–Trinajstić information content (AvgIpc) is 2.35. The van der Waals surface area contributed by atoms with Gasteiger partial charge >= 0.3 is 0 Å². The van der Waals surface area contributed by atoms with Gasteiger partial charge in [-0.2, -0.15) is 0 Å². The van der Waals surface area contributed by atoms with Gasteiger partial charge in [-0.05, 0) is 25.2 Å². The van der Waals surface area contributed by atoms with Gasteiger partial charge in [-0.3, -0.25) is 4.79 Å². The Kier molecular flexibility index (Phi) is 5.69. The van der Waals surface area contributed by atoms with Crippen molar-refractivity contribution in [3.63, 3.8) is 0 Å². The highest BCUT2D eigenvalue weighted by molar-refractivity contribution is 6.30. The summed E-state index contributed by atoms with van der Waals surface area (Å²) < 4.78 is 0. The first-order chi connectivity index (χ1) is 8.10. The Morgan fingerprint density at radius 1 is 1.59 bits per heavy atom. The molecule has 4 heteroatoms. The summed E-state index contributed by atoms with van der Waals surface area (Å²) in [7, 11) is 1.79. The van der Waals surface area contributed by atoms with Crippen molar-refractivity contribution in [3.05, 3.63) is 10.9 Å². The molecule has 0 aromatic heterocycles. The van der Waals surface area contributed by atoms with Crippen molar-refractivity contribution in [2.75, 3.05) is 7.05 Å². The standard InChI is InChI=1S/C13H21ClN2O/c1-4-6-7-12(17)16(3)11-8-10(5-2)9-15-13(11)14/h9-10H,4-8H2,1-3H3. The number of hydrogen-bond donors (Lipinski definition) is 0. The Morgan fingerprint density at radius 3 is 2.88 bits per heavy atom. The summed E-state index contributed by atoms with van der Waals surface area (Å²) in [6, 6.07) is 0. The maximum Gasteiger partial charge on any atom is 0.226 e. The zero-order valence-electron chi connectivity index (χ0n) is 10.9. The van der Waals surface area contributed by atoms with E-state index in [-0.39, 0.29) is 5.91 Å². The Balaban J connectivity index is 2.70. The van der Waals surface area contributed by atoms with E-state index < -0.39 is 0 Å². The molecular weight excluding hydrogens is 236 g/mol. The van der Waals surface area contributed by atoms with Crippen LogP contribution in [0, 0.1) is 5.92 Å². The molecule has 3 nitrogen and oxygen atoms in total. The van der Waals surface area contributed by atoms with Crippen LogP contribution in [0.2, 0.25) is 0 Å². The first-order valence-corrected chi connectivity index (χ1v) is 6.67. The molecule has 1 atom stereocenters. The normalized spacial score (nSPS) is 19.6. The van der Waals surface area contributed by atoms with E-state index in [1.807, 2.05) is 6.21 Å². The summed E-state index contributed by atoms with van der Waals surface area (Å²) in [6.07, 6.45) is 6.26. The SMILES string of the molecule is CCCCC(=O)N(C)C1=C(Cl)N=CC(CC)C1. The van der Waals surface area contributed by atoms with Crippen LogP contribution >= 0.6 is 11.6 Å². The Labute approximate surface area is 109 Å². The predicted octanol–water partition coefficient (Wildman–Crippen LogP) is 3.54. The molecular formula is C13H21ClN2O. The van der Waals surface area contributed by atoms with Gasteiger partial charge in [-0.1, -0.05) is 31.9 Å². The van der Waals surface area contributed by atoms with Crippen molar-refractivity contribution >= 4 is 23.7 Å². The van der Waals surface area contributed by atoms with E-state index in [1.165, 1.54) is 0 Å². The van der Waals surface area contributed by atoms with Gasteiger partial charge in [-0.25, -0.2) is 4.99 Å². The van der Waals surface area contributed by atoms with E-state index in [1.54, 1.807) is 11.9 Å². The number of aliphatic imine (C=N–C) groups is 1. The third-order valence-corrected chi connectivity index (χ3v) is 3.46. The molecule has 0 saturated carbocycles. The Hall–Kier alpha value is -0.830. The lowest BCUT2D eigenvalue weighted by atomic mass is 9.99. The molecule has 0 spiro atoms. The molecule has 1 unspecified atom stereocenters. The molecule has 1 rings (SSSR count). The number of carbonyl (C=O) groups excluding carboxylic acids is 1. The zero-order chi connectivity index (χ0) is 12.8. The van der Waals surface area contributed by atoms with E-state index in [9.17, 15) is 4.79 Å². The molecule has 17 heavy (non-hydrogen) atoms. The number of amides is 1. The van der Waals surface area contributed by atoms with E-state index in [2.05, 4.69) is 18.8 Å². The highest BCUT2D eigenvalue weighted by Crippen LogP contribution is 2.27. The molecule has 1 heterocycles. The summed E-state index contributed by atoms with van der Waals surface area (Å²) in [6.45, 7) is 4.20. The maximum atomic E-state index is 11.9. The molecule has 0 N–H and O–H groups in total. The van der Waals surface area contributed by atoms with Crippen molar-refractivity contribution in [2.45, 2.75) is 46.0 Å². The lowest BCUT2D eigenvalue weighted by Crippen LogP contribution is -2.29. The fourth-order valence-corrected chi connectivity index (χ4v) is 2.06. The van der Waals surface area contributed by atoms with E-state index >= 15 is 0 Å². The van der Waals surface area contributed by atoms with Crippen molar-refractivity contribution in [2.24, 2.45) is 10.9 Å². The van der Waals surface area contributed by atoms with Gasteiger partial charge in [0, 0.05) is 19.7 Å². The molecule has 0 bridgehead atoms. The number of allylic oxidation sites excluding steroid dienone is 1. The highest BCUT2D eigenvalue weighted by atomic mass is 35.5. The van der Waals surface area contributed by atoms with Crippen LogP contribution in [0.1, 0.15) is 46.0 Å². The van der Waals surface area contributed by atoms with Gasteiger partial charge in [0.25, 0.3) is 0 Å². The van der Waals surface area contributed by atoms with Gasteiger partial charge < -0.3 is 4.90 Å². The molecule has 0 aromatic rings. The second-order valence-corrected chi connectivity index (χ2v) is 4.80. The maximum absolute atomic E-state index is 11.9. The average molecular weight is 257 g/mol. The molecule has 1 aliphatic rings. The predicted molar refractivity (Wildman–Crippen MR) is 72.1 cm³/mol. The summed E-state index contributed by atoms with van der Waals surface area (Å²) in [5.74, 6) is 0.529. The lowest BCUT2D eigenvalue weighted by molar-refractivity contribution is -0.128. The van der Waals surface area contributed by atoms with Crippen LogP contribution in [0.3, 0.4) is 0 Å². The number of halogens is 1. The monoisotopic (exact) mass is 256 g/mol. The second-order valence-electron chi connectivity index (χ2n) is 4.44. The largest absolute Gasteiger partial charge is 0.316 e. The van der Waals surface area contributed by atoms with Crippen molar-refractivity contribution in [1.29, 1.82) is 0 Å². The molecule has 1 aliphatic heterocycles. The van der Waals surface area contributed by atoms with E-state index in [4.69, 9.17) is 11.6 Å². The minimum absolute atomic E-state index is 0.131. The van der Waals surface area contributed by atoms with Crippen LogP contribution in [0.25, 0.3) is 0 Å². The van der Waals surface area contributed by atoms with Crippen LogP contribution in [0.15, 0.2) is 15.8 Å². The van der Waals surface area contributed by atoms with E-state index in [0.29, 0.717) is 17.5 Å². The second kappa shape index (κ2) is 6.80. The first kappa shape index (κ1) is 14.2. The smallest absolute Gasteiger partial charge is 0.226 e. The Bertz CT molecular complexity index is 336. The van der Waals surface area contributed by atoms with Crippen molar-refractivity contribution < 1.29 is 4.79 Å². The van der Waals surface area contributed by atoms with Crippen LogP contribution in [-0.4, -0.2) is 24.1 Å². The summed E-state index contributed by atoms with van der Waals surface area (Å²) in [5, 5.41) is 0.460. The fourth-order valence-electron chi connectivity index (χ4n) is 1.80. The van der Waals surface area contributed by atoms with Gasteiger partial charge in [-0.15, -0.1) is 0 Å². The van der Waals surface area contributed by atoms with E-state index in [0.717, 1.165) is 31.4 Å². The van der Waals surface area contributed by atoms with Crippen LogP contribution in [0.4, 0.5) is 0 Å². The molecule has 0 aliphatic carbocycles. The summed E-state index contributed by atoms with van der Waals surface area (Å²) >= 11 is 6.07. The van der Waals surface area contributed by atoms with Crippen LogP contribution in [0.5, 0.6) is 0 Å². The number of nitrogens with zero attached hydrogens (tertiary/aromatic N) is 2. The number of rotatable bonds is 5.